The molecule has 5 rings (SSSR count). The molecule has 0 saturated carbocycles. The number of anilines is 2. The highest BCUT2D eigenvalue weighted by atomic mass is 32.1. The number of nitrogens with zero attached hydrogens (tertiary/aromatic N) is 4. The number of amides is 2. The van der Waals surface area contributed by atoms with Crippen molar-refractivity contribution in [3.05, 3.63) is 58.5 Å². The topological polar surface area (TPSA) is 129 Å². The van der Waals surface area contributed by atoms with Crippen LogP contribution in [0.15, 0.2) is 41.8 Å². The van der Waals surface area contributed by atoms with Crippen LogP contribution in [-0.2, 0) is 26.3 Å². The van der Waals surface area contributed by atoms with Gasteiger partial charge in [0.1, 0.15) is 16.9 Å². The maximum atomic E-state index is 12.7. The monoisotopic (exact) mass is 546 g/mol. The second kappa shape index (κ2) is 11.1. The summed E-state index contributed by atoms with van der Waals surface area (Å²) < 4.78 is 11.3. The number of hydrogen-bond acceptors (Lipinski definition) is 9. The lowest BCUT2D eigenvalue weighted by Gasteiger charge is -2.36. The molecule has 2 aromatic heterocycles. The van der Waals surface area contributed by atoms with Crippen molar-refractivity contribution >= 4 is 34.1 Å². The molecular formula is C28H30N6O4S. The van der Waals surface area contributed by atoms with E-state index in [0.29, 0.717) is 28.7 Å². The largest absolute Gasteiger partial charge is 0.375 e. The van der Waals surface area contributed by atoms with Crippen LogP contribution in [0, 0.1) is 11.3 Å². The summed E-state index contributed by atoms with van der Waals surface area (Å²) in [5.41, 5.74) is 2.60. The number of aromatic nitrogens is 2. The Kier molecular flexibility index (Phi) is 7.61. The van der Waals surface area contributed by atoms with Crippen LogP contribution in [0.1, 0.15) is 42.3 Å². The van der Waals surface area contributed by atoms with E-state index in [2.05, 4.69) is 40.4 Å². The first-order valence-corrected chi connectivity index (χ1v) is 13.7. The van der Waals surface area contributed by atoms with Gasteiger partial charge in [-0.25, -0.2) is 9.97 Å². The summed E-state index contributed by atoms with van der Waals surface area (Å²) in [6.45, 7) is 7.88. The van der Waals surface area contributed by atoms with Gasteiger partial charge in [0.15, 0.2) is 5.13 Å². The van der Waals surface area contributed by atoms with Gasteiger partial charge < -0.3 is 25.0 Å². The van der Waals surface area contributed by atoms with Gasteiger partial charge in [-0.3, -0.25) is 9.59 Å². The second-order valence-corrected chi connectivity index (χ2v) is 11.0. The molecule has 4 heterocycles. The van der Waals surface area contributed by atoms with Gasteiger partial charge in [0.25, 0.3) is 5.91 Å². The van der Waals surface area contributed by atoms with E-state index in [0.717, 1.165) is 30.0 Å². The van der Waals surface area contributed by atoms with Gasteiger partial charge in [-0.1, -0.05) is 12.1 Å². The third-order valence-electron chi connectivity index (χ3n) is 6.76. The molecule has 0 aliphatic carbocycles. The van der Waals surface area contributed by atoms with Gasteiger partial charge in [-0.05, 0) is 56.2 Å². The summed E-state index contributed by atoms with van der Waals surface area (Å²) in [5, 5.41) is 17.3. The molecule has 2 aliphatic heterocycles. The first-order valence-electron chi connectivity index (χ1n) is 12.8. The first-order chi connectivity index (χ1) is 18.7. The minimum absolute atomic E-state index is 0.125. The molecule has 10 nitrogen and oxygen atoms in total. The maximum Gasteiger partial charge on any atom is 0.251 e. The van der Waals surface area contributed by atoms with Crippen molar-refractivity contribution in [1.82, 2.24) is 15.3 Å². The number of morpholine rings is 1. The number of thiazole rings is 1. The van der Waals surface area contributed by atoms with Gasteiger partial charge >= 0.3 is 0 Å². The van der Waals surface area contributed by atoms with E-state index in [1.54, 1.807) is 25.1 Å². The fourth-order valence-corrected chi connectivity index (χ4v) is 5.59. The summed E-state index contributed by atoms with van der Waals surface area (Å²) in [7, 11) is 0. The number of nitrogens with one attached hydrogen (secondary N) is 2. The zero-order valence-corrected chi connectivity index (χ0v) is 22.9. The van der Waals surface area contributed by atoms with Crippen molar-refractivity contribution < 1.29 is 19.1 Å². The molecule has 202 valence electrons. The van der Waals surface area contributed by atoms with E-state index >= 15 is 0 Å². The molecule has 1 aromatic carbocycles. The van der Waals surface area contributed by atoms with E-state index in [9.17, 15) is 14.9 Å². The van der Waals surface area contributed by atoms with Gasteiger partial charge in [-0.2, -0.15) is 5.26 Å². The molecule has 0 unspecified atom stereocenters. The average molecular weight is 547 g/mol. The van der Waals surface area contributed by atoms with Crippen LogP contribution in [0.2, 0.25) is 0 Å². The van der Waals surface area contributed by atoms with Crippen molar-refractivity contribution in [2.45, 2.75) is 45.0 Å². The number of rotatable bonds is 6. The lowest BCUT2D eigenvalue weighted by molar-refractivity contribution is -0.115. The maximum absolute atomic E-state index is 12.7. The first kappa shape index (κ1) is 26.7. The summed E-state index contributed by atoms with van der Waals surface area (Å²) in [5.74, 6) is 0.0726. The number of carbonyl (C=O) groups excluding carboxylic acids is 2. The number of pyridine rings is 1. The van der Waals surface area contributed by atoms with Crippen LogP contribution in [0.3, 0.4) is 0 Å². The van der Waals surface area contributed by atoms with Gasteiger partial charge in [-0.15, -0.1) is 11.3 Å². The van der Waals surface area contributed by atoms with Gasteiger partial charge in [0.05, 0.1) is 43.7 Å². The molecule has 0 spiro atoms. The van der Waals surface area contributed by atoms with Crippen molar-refractivity contribution in [3.8, 4) is 17.5 Å². The normalized spacial score (nSPS) is 22.5. The van der Waals surface area contributed by atoms with Crippen molar-refractivity contribution in [3.63, 3.8) is 0 Å². The van der Waals surface area contributed by atoms with Crippen LogP contribution < -0.4 is 15.5 Å². The highest BCUT2D eigenvalue weighted by Gasteiger charge is 2.33. The molecule has 0 radical (unpaired) electrons. The van der Waals surface area contributed by atoms with E-state index in [-0.39, 0.29) is 25.4 Å². The number of nitriles is 1. The van der Waals surface area contributed by atoms with Crippen molar-refractivity contribution in [2.75, 3.05) is 36.5 Å². The quantitative estimate of drug-likeness (QED) is 0.481. The minimum Gasteiger partial charge on any atom is -0.375 e. The predicted molar refractivity (Wildman–Crippen MR) is 148 cm³/mol. The number of hydrogen-bond donors (Lipinski definition) is 2. The second-order valence-electron chi connectivity index (χ2n) is 10.1. The van der Waals surface area contributed by atoms with Gasteiger partial charge in [0, 0.05) is 24.0 Å². The van der Waals surface area contributed by atoms with Crippen LogP contribution in [0.25, 0.3) is 11.4 Å². The third kappa shape index (κ3) is 5.93. The highest BCUT2D eigenvalue weighted by Crippen LogP contribution is 2.32. The Morgan fingerprint density at radius 3 is 2.74 bits per heavy atom. The van der Waals surface area contributed by atoms with E-state index in [1.807, 2.05) is 23.6 Å². The Bertz CT molecular complexity index is 1430. The number of fused-ring (bicyclic) bond motifs is 1. The number of carbonyl (C=O) groups is 2. The molecule has 11 heteroatoms. The van der Waals surface area contributed by atoms with Crippen LogP contribution in [0.4, 0.5) is 10.9 Å². The molecule has 0 bridgehead atoms. The molecule has 1 saturated heterocycles. The van der Waals surface area contributed by atoms with Gasteiger partial charge in [0.2, 0.25) is 5.91 Å². The smallest absolute Gasteiger partial charge is 0.251 e. The molecule has 3 aromatic rings. The Morgan fingerprint density at radius 2 is 1.97 bits per heavy atom. The number of benzene rings is 1. The summed E-state index contributed by atoms with van der Waals surface area (Å²) in [6, 6.07) is 13.3. The molecule has 3 atom stereocenters. The zero-order chi connectivity index (χ0) is 27.6. The standard InChI is InChI=1S/C28H30N6O4S/c1-17-11-34(12-18(2)38-17)24-6-4-5-22(31-24)23-14-39-27(32-23)33-25(35)10-30-26(36)19-7-8-20-13-37-16-28(3,15-29)21(20)9-19/h4-9,14,17-18H,10-13,16H2,1-3H3,(H,30,36)(H,32,33,35)/t17-,18+,28-/m1/s1. The molecule has 1 fully saturated rings. The molecule has 2 N–H and O–H groups in total. The van der Waals surface area contributed by atoms with E-state index < -0.39 is 17.2 Å². The zero-order valence-electron chi connectivity index (χ0n) is 22.1. The highest BCUT2D eigenvalue weighted by molar-refractivity contribution is 7.14. The fraction of sp³-hybridized carbons (Fsp3) is 0.393. The molecule has 2 aliphatic rings. The molecular weight excluding hydrogens is 516 g/mol. The Morgan fingerprint density at radius 1 is 1.18 bits per heavy atom. The summed E-state index contributed by atoms with van der Waals surface area (Å²) in [4.78, 5) is 36.8. The van der Waals surface area contributed by atoms with E-state index in [1.165, 1.54) is 11.3 Å². The third-order valence-corrected chi connectivity index (χ3v) is 7.52. The minimum atomic E-state index is -0.822. The Hall–Kier alpha value is -3.85. The summed E-state index contributed by atoms with van der Waals surface area (Å²) >= 11 is 1.29. The van der Waals surface area contributed by atoms with Crippen LogP contribution >= 0.6 is 11.3 Å². The van der Waals surface area contributed by atoms with Crippen LogP contribution in [0.5, 0.6) is 0 Å². The Balaban J connectivity index is 1.19. The van der Waals surface area contributed by atoms with Crippen molar-refractivity contribution in [1.29, 1.82) is 5.26 Å². The molecule has 2 amide bonds. The van der Waals surface area contributed by atoms with E-state index in [4.69, 9.17) is 14.5 Å². The molecule has 39 heavy (non-hydrogen) atoms. The summed E-state index contributed by atoms with van der Waals surface area (Å²) in [6.07, 6.45) is 0.251. The predicted octanol–water partition coefficient (Wildman–Crippen LogP) is 3.50. The Labute approximate surface area is 231 Å². The lowest BCUT2D eigenvalue weighted by Crippen LogP contribution is -2.45. The SMILES string of the molecule is C[C@@H]1CN(c2cccc(-c3csc(NC(=O)CNC(=O)c4ccc5c(c4)[C@](C)(C#N)COC5)n3)n2)C[C@H](C)O1. The average Bonchev–Trinajstić information content (AvgIpc) is 3.40. The fourth-order valence-electron chi connectivity index (χ4n) is 4.87. The van der Waals surface area contributed by atoms with Crippen molar-refractivity contribution in [2.24, 2.45) is 0 Å². The lowest BCUT2D eigenvalue weighted by atomic mass is 9.79. The number of ether oxygens (including phenoxy) is 2. The van der Waals surface area contributed by atoms with Crippen LogP contribution in [-0.4, -0.2) is 60.2 Å².